The van der Waals surface area contributed by atoms with Crippen molar-refractivity contribution in [1.29, 1.82) is 0 Å². The van der Waals surface area contributed by atoms with Crippen LogP contribution in [0.15, 0.2) is 54.2 Å². The van der Waals surface area contributed by atoms with E-state index in [-0.39, 0.29) is 30.2 Å². The van der Waals surface area contributed by atoms with E-state index in [4.69, 9.17) is 0 Å². The summed E-state index contributed by atoms with van der Waals surface area (Å²) in [6.45, 7) is 2.86. The second-order valence-corrected chi connectivity index (χ2v) is 11.3. The van der Waals surface area contributed by atoms with E-state index < -0.39 is 53.0 Å². The highest BCUT2D eigenvalue weighted by atomic mass is 19.4. The first-order valence-electron chi connectivity index (χ1n) is 13.7. The molecule has 226 valence electrons. The quantitative estimate of drug-likeness (QED) is 0.350. The van der Waals surface area contributed by atoms with Gasteiger partial charge in [0, 0.05) is 50.8 Å². The van der Waals surface area contributed by atoms with Crippen LogP contribution in [0.5, 0.6) is 0 Å². The number of hydrogen-bond acceptors (Lipinski definition) is 3. The molecule has 2 aliphatic heterocycles. The second kappa shape index (κ2) is 10.9. The lowest BCUT2D eigenvalue weighted by molar-refractivity contribution is -0.143. The average Bonchev–Trinajstić information content (AvgIpc) is 3.56. The molecular weight excluding hydrogens is 567 g/mol. The van der Waals surface area contributed by atoms with Crippen LogP contribution in [-0.4, -0.2) is 53.2 Å². The first-order valence-corrected chi connectivity index (χ1v) is 13.7. The van der Waals surface area contributed by atoms with Crippen LogP contribution in [0.2, 0.25) is 0 Å². The van der Waals surface area contributed by atoms with Gasteiger partial charge in [0.2, 0.25) is 0 Å². The minimum atomic E-state index is -5.08. The molecular formula is C30H30F7N3O2. The predicted octanol–water partition coefficient (Wildman–Crippen LogP) is 7.22. The fourth-order valence-electron chi connectivity index (χ4n) is 6.52. The molecule has 2 heterocycles. The molecule has 2 aromatic carbocycles. The van der Waals surface area contributed by atoms with Gasteiger partial charge < -0.3 is 14.7 Å². The smallest absolute Gasteiger partial charge is 0.374 e. The van der Waals surface area contributed by atoms with Crippen molar-refractivity contribution in [3.63, 3.8) is 0 Å². The molecule has 0 bridgehead atoms. The Labute approximate surface area is 238 Å². The minimum Gasteiger partial charge on any atom is -0.374 e. The van der Waals surface area contributed by atoms with Gasteiger partial charge in [-0.25, -0.2) is 9.18 Å². The van der Waals surface area contributed by atoms with Gasteiger partial charge in [0.1, 0.15) is 5.82 Å². The van der Waals surface area contributed by atoms with E-state index in [1.54, 1.807) is 23.1 Å². The van der Waals surface area contributed by atoms with Gasteiger partial charge >= 0.3 is 18.4 Å². The van der Waals surface area contributed by atoms with Crippen molar-refractivity contribution in [3.05, 3.63) is 82.3 Å². The van der Waals surface area contributed by atoms with Gasteiger partial charge in [-0.2, -0.15) is 26.3 Å². The number of piperidine rings is 1. The Bertz CT molecular complexity index is 1390. The SMILES string of the molecule is CC(c1ccc(C(F)(F)F)cc1C(F)(F)F)N(C)C(=O)N1CCC2CN(C3=CC(=O)CC3)C[C@H]2[C@@H]1c1ccc(F)cc1. The summed E-state index contributed by atoms with van der Waals surface area (Å²) in [5.41, 5.74) is -1.72. The third-order valence-electron chi connectivity index (χ3n) is 8.81. The third-order valence-corrected chi connectivity index (χ3v) is 8.81. The summed E-state index contributed by atoms with van der Waals surface area (Å²) >= 11 is 0. The summed E-state index contributed by atoms with van der Waals surface area (Å²) in [5, 5.41) is 0. The summed E-state index contributed by atoms with van der Waals surface area (Å²) in [7, 11) is 1.33. The summed E-state index contributed by atoms with van der Waals surface area (Å²) < 4.78 is 95.2. The van der Waals surface area contributed by atoms with E-state index in [9.17, 15) is 40.3 Å². The molecule has 0 N–H and O–H groups in total. The Balaban J connectivity index is 1.46. The van der Waals surface area contributed by atoms with Crippen molar-refractivity contribution in [2.75, 3.05) is 26.7 Å². The van der Waals surface area contributed by atoms with Crippen molar-refractivity contribution in [1.82, 2.24) is 14.7 Å². The number of rotatable bonds is 4. The average molecular weight is 598 g/mol. The first-order chi connectivity index (χ1) is 19.6. The number of halogens is 7. The summed E-state index contributed by atoms with van der Waals surface area (Å²) in [5.74, 6) is -0.330. The Hall–Kier alpha value is -3.57. The number of hydrogen-bond donors (Lipinski definition) is 0. The Morgan fingerprint density at radius 1 is 0.976 bits per heavy atom. The van der Waals surface area contributed by atoms with Gasteiger partial charge in [-0.15, -0.1) is 0 Å². The minimum absolute atomic E-state index is 0.0591. The van der Waals surface area contributed by atoms with Crippen molar-refractivity contribution in [2.45, 2.75) is 50.6 Å². The number of amides is 2. The number of alkyl halides is 6. The van der Waals surface area contributed by atoms with Gasteiger partial charge in [0.25, 0.3) is 0 Å². The zero-order chi connectivity index (χ0) is 30.6. The summed E-state index contributed by atoms with van der Waals surface area (Å²) in [6, 6.07) is 4.87. The molecule has 2 unspecified atom stereocenters. The van der Waals surface area contributed by atoms with Gasteiger partial charge in [-0.1, -0.05) is 18.2 Å². The predicted molar refractivity (Wildman–Crippen MR) is 139 cm³/mol. The Morgan fingerprint density at radius 3 is 2.26 bits per heavy atom. The largest absolute Gasteiger partial charge is 0.416 e. The van der Waals surface area contributed by atoms with E-state index in [1.807, 2.05) is 0 Å². The van der Waals surface area contributed by atoms with E-state index in [0.29, 0.717) is 44.0 Å². The first kappa shape index (κ1) is 29.9. The number of nitrogens with zero attached hydrogens (tertiary/aromatic N) is 3. The molecule has 5 rings (SSSR count). The fraction of sp³-hybridized carbons (Fsp3) is 0.467. The third kappa shape index (κ3) is 5.72. The van der Waals surface area contributed by atoms with Gasteiger partial charge in [-0.3, -0.25) is 4.79 Å². The molecule has 1 aliphatic carbocycles. The number of likely N-dealkylation sites (tertiary alicyclic amines) is 2. The van der Waals surface area contributed by atoms with Gasteiger partial charge in [0.15, 0.2) is 5.78 Å². The fourth-order valence-corrected chi connectivity index (χ4v) is 6.52. The summed E-state index contributed by atoms with van der Waals surface area (Å²) in [4.78, 5) is 30.7. The summed E-state index contributed by atoms with van der Waals surface area (Å²) in [6.07, 6.45) is -6.70. The van der Waals surface area contributed by atoms with E-state index in [2.05, 4.69) is 4.90 Å². The van der Waals surface area contributed by atoms with E-state index >= 15 is 0 Å². The number of urea groups is 1. The highest BCUT2D eigenvalue weighted by molar-refractivity contribution is 5.92. The monoisotopic (exact) mass is 597 g/mol. The number of fused-ring (bicyclic) bond motifs is 1. The van der Waals surface area contributed by atoms with Crippen LogP contribution in [0.1, 0.15) is 60.5 Å². The molecule has 42 heavy (non-hydrogen) atoms. The van der Waals surface area contributed by atoms with Crippen molar-refractivity contribution in [3.8, 4) is 0 Å². The molecule has 12 heteroatoms. The van der Waals surface area contributed by atoms with E-state index in [0.717, 1.165) is 16.7 Å². The van der Waals surface area contributed by atoms with Crippen LogP contribution in [0, 0.1) is 17.7 Å². The van der Waals surface area contributed by atoms with Crippen LogP contribution in [0.4, 0.5) is 35.5 Å². The highest BCUT2D eigenvalue weighted by Gasteiger charge is 2.48. The Morgan fingerprint density at radius 2 is 1.67 bits per heavy atom. The van der Waals surface area contributed by atoms with Crippen LogP contribution < -0.4 is 0 Å². The van der Waals surface area contributed by atoms with Crippen LogP contribution in [0.25, 0.3) is 0 Å². The van der Waals surface area contributed by atoms with Crippen LogP contribution in [0.3, 0.4) is 0 Å². The number of carbonyl (C=O) groups is 2. The molecule has 0 aromatic heterocycles. The zero-order valence-electron chi connectivity index (χ0n) is 23.0. The standard InChI is InChI=1S/C30H30F7N3O2/c1-17(24-10-5-20(29(32,33)34)13-26(24)30(35,36)37)38(2)28(42)40-12-11-19-15-39(22-8-9-23(41)14-22)16-25(19)27(40)18-3-6-21(31)7-4-18/h3-7,10,13-14,17,19,25,27H,8-9,11-12,15-16H2,1-2H3/t17?,19?,25-,27+/m1/s1. The lowest BCUT2D eigenvalue weighted by Crippen LogP contribution is -2.51. The molecule has 3 aliphatic rings. The topological polar surface area (TPSA) is 43.9 Å². The second-order valence-electron chi connectivity index (χ2n) is 11.3. The van der Waals surface area contributed by atoms with Crippen molar-refractivity contribution in [2.24, 2.45) is 11.8 Å². The molecule has 2 amide bonds. The zero-order valence-corrected chi connectivity index (χ0v) is 23.0. The highest BCUT2D eigenvalue weighted by Crippen LogP contribution is 2.46. The molecule has 2 fully saturated rings. The maximum Gasteiger partial charge on any atom is 0.416 e. The molecule has 5 nitrogen and oxygen atoms in total. The van der Waals surface area contributed by atoms with Crippen LogP contribution >= 0.6 is 0 Å². The van der Waals surface area contributed by atoms with E-state index in [1.165, 1.54) is 26.1 Å². The molecule has 0 radical (unpaired) electrons. The van der Waals surface area contributed by atoms with Gasteiger partial charge in [-0.05, 0) is 61.1 Å². The normalized spacial score (nSPS) is 23.6. The maximum atomic E-state index is 14.0. The molecule has 0 spiro atoms. The van der Waals surface area contributed by atoms with Crippen LogP contribution in [-0.2, 0) is 17.1 Å². The molecule has 2 aromatic rings. The number of ketones is 1. The lowest BCUT2D eigenvalue weighted by Gasteiger charge is -2.45. The molecule has 0 saturated carbocycles. The maximum absolute atomic E-state index is 14.0. The van der Waals surface area contributed by atoms with Gasteiger partial charge in [0.05, 0.1) is 23.2 Å². The number of allylic oxidation sites excluding steroid dienone is 2. The number of carbonyl (C=O) groups excluding carboxylic acids is 2. The molecule has 2 saturated heterocycles. The number of benzene rings is 2. The van der Waals surface area contributed by atoms with Crippen molar-refractivity contribution >= 4 is 11.8 Å². The Kier molecular flexibility index (Phi) is 7.78. The lowest BCUT2D eigenvalue weighted by atomic mass is 9.79. The molecule has 4 atom stereocenters. The van der Waals surface area contributed by atoms with Crippen molar-refractivity contribution < 1.29 is 40.3 Å².